The van der Waals surface area contributed by atoms with Crippen LogP contribution in [-0.2, 0) is 4.74 Å². The van der Waals surface area contributed by atoms with Crippen molar-refractivity contribution in [3.8, 4) is 0 Å². The highest BCUT2D eigenvalue weighted by atomic mass is 16.6. The lowest BCUT2D eigenvalue weighted by Gasteiger charge is -2.34. The maximum atomic E-state index is 12.1. The van der Waals surface area contributed by atoms with Gasteiger partial charge in [0, 0.05) is 32.9 Å². The maximum Gasteiger partial charge on any atom is 0.410 e. The smallest absolute Gasteiger partial charge is 0.410 e. The van der Waals surface area contributed by atoms with Crippen LogP contribution in [-0.4, -0.2) is 43.8 Å². The molecule has 22 heavy (non-hydrogen) atoms. The summed E-state index contributed by atoms with van der Waals surface area (Å²) in [6.07, 6.45) is 1.79. The number of likely N-dealkylation sites (tertiary alicyclic amines) is 1. The molecule has 0 saturated carbocycles. The summed E-state index contributed by atoms with van der Waals surface area (Å²) in [5.41, 5.74) is 2.24. The van der Waals surface area contributed by atoms with Crippen molar-refractivity contribution in [3.63, 3.8) is 0 Å². The molecule has 1 saturated heterocycles. The molecule has 1 aliphatic rings. The number of anilines is 1. The third-order valence-electron chi connectivity index (χ3n) is 4.01. The quantitative estimate of drug-likeness (QED) is 0.831. The van der Waals surface area contributed by atoms with E-state index in [1.54, 1.807) is 0 Å². The number of hydrogen-bond acceptors (Lipinski definition) is 3. The number of carbonyl (C=O) groups excluding carboxylic acids is 1. The van der Waals surface area contributed by atoms with E-state index < -0.39 is 5.60 Å². The SMILES string of the molecule is CN(C)c1ccccc1C1CCN(C(=O)OC(C)(C)C)CC1. The summed E-state index contributed by atoms with van der Waals surface area (Å²) >= 11 is 0. The van der Waals surface area contributed by atoms with Crippen molar-refractivity contribution in [2.24, 2.45) is 0 Å². The lowest BCUT2D eigenvalue weighted by Crippen LogP contribution is -2.41. The Bertz CT molecular complexity index is 512. The van der Waals surface area contributed by atoms with Gasteiger partial charge < -0.3 is 14.5 Å². The van der Waals surface area contributed by atoms with Gasteiger partial charge in [-0.05, 0) is 51.2 Å². The number of benzene rings is 1. The predicted octanol–water partition coefficient (Wildman–Crippen LogP) is 3.87. The minimum absolute atomic E-state index is 0.188. The van der Waals surface area contributed by atoms with Gasteiger partial charge in [0.15, 0.2) is 0 Å². The van der Waals surface area contributed by atoms with E-state index in [2.05, 4.69) is 43.3 Å². The molecule has 0 aliphatic carbocycles. The molecule has 0 aromatic heterocycles. The monoisotopic (exact) mass is 304 g/mol. The van der Waals surface area contributed by atoms with Crippen LogP contribution in [0.5, 0.6) is 0 Å². The van der Waals surface area contributed by atoms with Crippen LogP contribution in [0.2, 0.25) is 0 Å². The average Bonchev–Trinajstić information content (AvgIpc) is 2.45. The number of nitrogens with zero attached hydrogens (tertiary/aromatic N) is 2. The number of amides is 1. The highest BCUT2D eigenvalue weighted by Crippen LogP contribution is 2.34. The number of para-hydroxylation sites is 1. The third-order valence-corrected chi connectivity index (χ3v) is 4.01. The van der Waals surface area contributed by atoms with E-state index in [1.807, 2.05) is 25.7 Å². The van der Waals surface area contributed by atoms with E-state index in [9.17, 15) is 4.79 Å². The predicted molar refractivity (Wildman–Crippen MR) is 90.6 cm³/mol. The van der Waals surface area contributed by atoms with Crippen molar-refractivity contribution in [2.45, 2.75) is 45.1 Å². The van der Waals surface area contributed by atoms with Gasteiger partial charge in [-0.2, -0.15) is 0 Å². The molecular weight excluding hydrogens is 276 g/mol. The zero-order valence-corrected chi connectivity index (χ0v) is 14.4. The van der Waals surface area contributed by atoms with Crippen molar-refractivity contribution in [2.75, 3.05) is 32.1 Å². The Morgan fingerprint density at radius 2 is 1.77 bits per heavy atom. The second-order valence-corrected chi connectivity index (χ2v) is 7.19. The fraction of sp³-hybridized carbons (Fsp3) is 0.611. The molecule has 1 aliphatic heterocycles. The van der Waals surface area contributed by atoms with Gasteiger partial charge in [0.25, 0.3) is 0 Å². The van der Waals surface area contributed by atoms with Gasteiger partial charge in [0.2, 0.25) is 0 Å². The highest BCUT2D eigenvalue weighted by Gasteiger charge is 2.28. The molecule has 122 valence electrons. The first-order valence-corrected chi connectivity index (χ1v) is 8.02. The molecule has 1 heterocycles. The average molecular weight is 304 g/mol. The summed E-state index contributed by atoms with van der Waals surface area (Å²) in [4.78, 5) is 16.1. The number of ether oxygens (including phenoxy) is 1. The molecule has 1 amide bonds. The lowest BCUT2D eigenvalue weighted by molar-refractivity contribution is 0.0205. The van der Waals surface area contributed by atoms with Crippen LogP contribution in [0.15, 0.2) is 24.3 Å². The van der Waals surface area contributed by atoms with Crippen molar-refractivity contribution < 1.29 is 9.53 Å². The molecule has 2 rings (SSSR count). The Morgan fingerprint density at radius 1 is 1.18 bits per heavy atom. The van der Waals surface area contributed by atoms with E-state index in [0.717, 1.165) is 25.9 Å². The fourth-order valence-corrected chi connectivity index (χ4v) is 2.94. The van der Waals surface area contributed by atoms with Gasteiger partial charge in [-0.1, -0.05) is 18.2 Å². The fourth-order valence-electron chi connectivity index (χ4n) is 2.94. The van der Waals surface area contributed by atoms with Crippen LogP contribution in [0.25, 0.3) is 0 Å². The van der Waals surface area contributed by atoms with Gasteiger partial charge in [0.1, 0.15) is 5.60 Å². The first-order valence-electron chi connectivity index (χ1n) is 8.02. The minimum Gasteiger partial charge on any atom is -0.444 e. The molecule has 0 radical (unpaired) electrons. The summed E-state index contributed by atoms with van der Waals surface area (Å²) in [5.74, 6) is 0.511. The molecule has 0 spiro atoms. The number of carbonyl (C=O) groups is 1. The number of piperidine rings is 1. The molecule has 0 bridgehead atoms. The molecule has 4 heteroatoms. The standard InChI is InChI=1S/C18H28N2O2/c1-18(2,3)22-17(21)20-12-10-14(11-13-20)15-8-6-7-9-16(15)19(4)5/h6-9,14H,10-13H2,1-5H3. The summed E-state index contributed by atoms with van der Waals surface area (Å²) in [7, 11) is 4.16. The van der Waals surface area contributed by atoms with E-state index in [0.29, 0.717) is 5.92 Å². The van der Waals surface area contributed by atoms with E-state index in [-0.39, 0.29) is 6.09 Å². The summed E-state index contributed by atoms with van der Waals surface area (Å²) in [6.45, 7) is 7.25. The van der Waals surface area contributed by atoms with Crippen LogP contribution in [0.3, 0.4) is 0 Å². The first-order chi connectivity index (χ1) is 10.3. The second-order valence-electron chi connectivity index (χ2n) is 7.19. The molecule has 1 aromatic rings. The lowest BCUT2D eigenvalue weighted by atomic mass is 9.88. The Hall–Kier alpha value is -1.71. The summed E-state index contributed by atoms with van der Waals surface area (Å²) < 4.78 is 5.46. The summed E-state index contributed by atoms with van der Waals surface area (Å²) in [5, 5.41) is 0. The van der Waals surface area contributed by atoms with Crippen molar-refractivity contribution in [3.05, 3.63) is 29.8 Å². The third kappa shape index (κ3) is 4.15. The molecule has 0 atom stereocenters. The Balaban J connectivity index is 2.00. The maximum absolute atomic E-state index is 12.1. The number of hydrogen-bond donors (Lipinski definition) is 0. The van der Waals surface area contributed by atoms with Gasteiger partial charge in [-0.25, -0.2) is 4.79 Å². The van der Waals surface area contributed by atoms with Gasteiger partial charge in [-0.3, -0.25) is 0 Å². The zero-order valence-electron chi connectivity index (χ0n) is 14.4. The van der Waals surface area contributed by atoms with Gasteiger partial charge in [-0.15, -0.1) is 0 Å². The summed E-state index contributed by atoms with van der Waals surface area (Å²) in [6, 6.07) is 8.55. The topological polar surface area (TPSA) is 32.8 Å². The van der Waals surface area contributed by atoms with Crippen molar-refractivity contribution in [1.29, 1.82) is 0 Å². The van der Waals surface area contributed by atoms with E-state index >= 15 is 0 Å². The normalized spacial score (nSPS) is 16.5. The molecule has 1 aromatic carbocycles. The molecule has 0 unspecified atom stereocenters. The zero-order chi connectivity index (χ0) is 16.3. The van der Waals surface area contributed by atoms with Crippen LogP contribution in [0.4, 0.5) is 10.5 Å². The Morgan fingerprint density at radius 3 is 2.32 bits per heavy atom. The molecular formula is C18H28N2O2. The van der Waals surface area contributed by atoms with Gasteiger partial charge >= 0.3 is 6.09 Å². The number of rotatable bonds is 2. The molecule has 0 N–H and O–H groups in total. The Kier molecular flexibility index (Phi) is 4.99. The highest BCUT2D eigenvalue weighted by molar-refractivity contribution is 5.68. The van der Waals surface area contributed by atoms with Crippen LogP contribution < -0.4 is 4.90 Å². The second kappa shape index (κ2) is 6.59. The largest absolute Gasteiger partial charge is 0.444 e. The van der Waals surface area contributed by atoms with Crippen molar-refractivity contribution in [1.82, 2.24) is 4.90 Å². The van der Waals surface area contributed by atoms with Crippen LogP contribution in [0, 0.1) is 0 Å². The molecule has 4 nitrogen and oxygen atoms in total. The first kappa shape index (κ1) is 16.7. The Labute approximate surface area is 134 Å². The minimum atomic E-state index is -0.425. The van der Waals surface area contributed by atoms with Gasteiger partial charge in [0.05, 0.1) is 0 Å². The molecule has 1 fully saturated rings. The van der Waals surface area contributed by atoms with E-state index in [1.165, 1.54) is 11.3 Å². The van der Waals surface area contributed by atoms with Crippen LogP contribution >= 0.6 is 0 Å². The van der Waals surface area contributed by atoms with E-state index in [4.69, 9.17) is 4.74 Å². The van der Waals surface area contributed by atoms with Crippen LogP contribution in [0.1, 0.15) is 45.1 Å². The van der Waals surface area contributed by atoms with Crippen molar-refractivity contribution >= 4 is 11.8 Å².